The van der Waals surface area contributed by atoms with Crippen molar-refractivity contribution >= 4 is 0 Å². The summed E-state index contributed by atoms with van der Waals surface area (Å²) in [6, 6.07) is 16.6. The van der Waals surface area contributed by atoms with Crippen LogP contribution in [0.3, 0.4) is 0 Å². The number of ether oxygens (including phenoxy) is 1. The molecule has 0 radical (unpaired) electrons. The highest BCUT2D eigenvalue weighted by atomic mass is 19.1. The zero-order valence-corrected chi connectivity index (χ0v) is 12.6. The van der Waals surface area contributed by atoms with Gasteiger partial charge < -0.3 is 10.1 Å². The molecule has 0 spiro atoms. The van der Waals surface area contributed by atoms with Crippen LogP contribution in [0.4, 0.5) is 4.39 Å². The lowest BCUT2D eigenvalue weighted by Crippen LogP contribution is -2.35. The molecule has 2 unspecified atom stereocenters. The van der Waals surface area contributed by atoms with Gasteiger partial charge in [0, 0.05) is 6.07 Å². The average molecular weight is 287 g/mol. The highest BCUT2D eigenvalue weighted by Gasteiger charge is 2.22. The van der Waals surface area contributed by atoms with E-state index in [1.807, 2.05) is 18.2 Å². The van der Waals surface area contributed by atoms with Crippen molar-refractivity contribution in [3.63, 3.8) is 0 Å². The third-order valence-electron chi connectivity index (χ3n) is 3.44. The summed E-state index contributed by atoms with van der Waals surface area (Å²) in [7, 11) is 0. The van der Waals surface area contributed by atoms with E-state index in [4.69, 9.17) is 4.74 Å². The van der Waals surface area contributed by atoms with Crippen LogP contribution in [0.5, 0.6) is 5.75 Å². The van der Waals surface area contributed by atoms with Crippen molar-refractivity contribution in [2.75, 3.05) is 6.54 Å². The second-order valence-electron chi connectivity index (χ2n) is 4.97. The molecule has 3 heteroatoms. The maximum Gasteiger partial charge on any atom is 0.126 e. The number of nitrogens with one attached hydrogen (secondary N) is 1. The zero-order valence-electron chi connectivity index (χ0n) is 12.6. The van der Waals surface area contributed by atoms with Crippen molar-refractivity contribution in [1.29, 1.82) is 0 Å². The van der Waals surface area contributed by atoms with E-state index in [1.54, 1.807) is 12.1 Å². The molecule has 0 heterocycles. The maximum absolute atomic E-state index is 13.3. The molecule has 1 N–H and O–H groups in total. The van der Waals surface area contributed by atoms with Crippen LogP contribution in [0, 0.1) is 5.82 Å². The van der Waals surface area contributed by atoms with Crippen LogP contribution in [0.1, 0.15) is 31.9 Å². The second-order valence-corrected chi connectivity index (χ2v) is 4.97. The van der Waals surface area contributed by atoms with E-state index < -0.39 is 0 Å². The molecule has 0 aliphatic carbocycles. The normalized spacial score (nSPS) is 13.7. The van der Waals surface area contributed by atoms with Gasteiger partial charge in [0.1, 0.15) is 17.7 Å². The maximum atomic E-state index is 13.3. The van der Waals surface area contributed by atoms with Crippen LogP contribution in [-0.2, 0) is 0 Å². The minimum Gasteiger partial charge on any atom is -0.488 e. The summed E-state index contributed by atoms with van der Waals surface area (Å²) in [6.45, 7) is 5.00. The van der Waals surface area contributed by atoms with Gasteiger partial charge >= 0.3 is 0 Å². The highest BCUT2D eigenvalue weighted by molar-refractivity contribution is 5.25. The van der Waals surface area contributed by atoms with E-state index in [0.717, 1.165) is 13.0 Å². The van der Waals surface area contributed by atoms with Crippen molar-refractivity contribution in [3.05, 3.63) is 66.0 Å². The predicted octanol–water partition coefficient (Wildman–Crippen LogP) is 4.33. The largest absolute Gasteiger partial charge is 0.488 e. The first-order valence-electron chi connectivity index (χ1n) is 7.45. The van der Waals surface area contributed by atoms with Gasteiger partial charge in [-0.1, -0.05) is 50.2 Å². The fourth-order valence-corrected chi connectivity index (χ4v) is 2.45. The Morgan fingerprint density at radius 1 is 1.05 bits per heavy atom. The molecule has 2 nitrogen and oxygen atoms in total. The lowest BCUT2D eigenvalue weighted by atomic mass is 9.99. The molecule has 0 saturated heterocycles. The predicted molar refractivity (Wildman–Crippen MR) is 84.0 cm³/mol. The number of hydrogen-bond acceptors (Lipinski definition) is 2. The Kier molecular flexibility index (Phi) is 5.76. The van der Waals surface area contributed by atoms with Gasteiger partial charge in [-0.2, -0.15) is 0 Å². The number of hydrogen-bond donors (Lipinski definition) is 1. The third-order valence-corrected chi connectivity index (χ3v) is 3.44. The fourth-order valence-electron chi connectivity index (χ4n) is 2.45. The van der Waals surface area contributed by atoms with Gasteiger partial charge in [0.2, 0.25) is 0 Å². The SMILES string of the molecule is CCNC(c1ccccc1)C(CC)Oc1cccc(F)c1. The highest BCUT2D eigenvalue weighted by Crippen LogP contribution is 2.24. The number of benzene rings is 2. The third kappa shape index (κ3) is 4.30. The van der Waals surface area contributed by atoms with Crippen LogP contribution in [0.25, 0.3) is 0 Å². The molecule has 2 atom stereocenters. The standard InChI is InChI=1S/C18H22FNO/c1-3-17(21-16-12-8-11-15(19)13-16)18(20-4-2)14-9-6-5-7-10-14/h5-13,17-18,20H,3-4H2,1-2H3. The van der Waals surface area contributed by atoms with Crippen LogP contribution in [0.15, 0.2) is 54.6 Å². The summed E-state index contributed by atoms with van der Waals surface area (Å²) in [6.07, 6.45) is 0.789. The molecular formula is C18H22FNO. The number of likely N-dealkylation sites (N-methyl/N-ethyl adjacent to an activating group) is 1. The van der Waals surface area contributed by atoms with Gasteiger partial charge in [-0.25, -0.2) is 4.39 Å². The number of halogens is 1. The molecule has 2 aromatic carbocycles. The summed E-state index contributed by atoms with van der Waals surface area (Å²) in [5.74, 6) is 0.294. The van der Waals surface area contributed by atoms with Crippen LogP contribution in [0.2, 0.25) is 0 Å². The Labute approximate surface area is 126 Å². The summed E-state index contributed by atoms with van der Waals surface area (Å²) in [5, 5.41) is 3.47. The smallest absolute Gasteiger partial charge is 0.126 e. The van der Waals surface area contributed by atoms with Crippen molar-refractivity contribution in [2.24, 2.45) is 0 Å². The Hall–Kier alpha value is -1.87. The van der Waals surface area contributed by atoms with Crippen molar-refractivity contribution in [2.45, 2.75) is 32.4 Å². The molecule has 112 valence electrons. The van der Waals surface area contributed by atoms with E-state index in [2.05, 4.69) is 31.3 Å². The summed E-state index contributed by atoms with van der Waals surface area (Å²) < 4.78 is 19.3. The van der Waals surface area contributed by atoms with E-state index in [1.165, 1.54) is 17.7 Å². The van der Waals surface area contributed by atoms with E-state index in [9.17, 15) is 4.39 Å². The first kappa shape index (κ1) is 15.5. The molecule has 0 aliphatic heterocycles. The van der Waals surface area contributed by atoms with Gasteiger partial charge in [0.05, 0.1) is 6.04 Å². The fraction of sp³-hybridized carbons (Fsp3) is 0.333. The molecule has 0 fully saturated rings. The molecule has 0 bridgehead atoms. The van der Waals surface area contributed by atoms with E-state index >= 15 is 0 Å². The van der Waals surface area contributed by atoms with Crippen molar-refractivity contribution in [1.82, 2.24) is 5.32 Å². The Bertz CT molecular complexity index is 544. The van der Waals surface area contributed by atoms with E-state index in [-0.39, 0.29) is 18.0 Å². The summed E-state index contributed by atoms with van der Waals surface area (Å²) in [4.78, 5) is 0. The number of rotatable bonds is 7. The van der Waals surface area contributed by atoms with Crippen LogP contribution in [-0.4, -0.2) is 12.6 Å². The van der Waals surface area contributed by atoms with E-state index in [0.29, 0.717) is 5.75 Å². The second kappa shape index (κ2) is 7.79. The summed E-state index contributed by atoms with van der Waals surface area (Å²) >= 11 is 0. The van der Waals surface area contributed by atoms with Crippen molar-refractivity contribution in [3.8, 4) is 5.75 Å². The Morgan fingerprint density at radius 2 is 1.81 bits per heavy atom. The van der Waals surface area contributed by atoms with Crippen LogP contribution >= 0.6 is 0 Å². The van der Waals surface area contributed by atoms with Crippen molar-refractivity contribution < 1.29 is 9.13 Å². The molecule has 2 rings (SSSR count). The molecule has 0 aliphatic rings. The topological polar surface area (TPSA) is 21.3 Å². The minimum absolute atomic E-state index is 0.0471. The lowest BCUT2D eigenvalue weighted by Gasteiger charge is -2.28. The zero-order chi connectivity index (χ0) is 15.1. The summed E-state index contributed by atoms with van der Waals surface area (Å²) in [5.41, 5.74) is 1.18. The first-order chi connectivity index (χ1) is 10.2. The molecule has 2 aromatic rings. The quantitative estimate of drug-likeness (QED) is 0.818. The first-order valence-corrected chi connectivity index (χ1v) is 7.45. The molecular weight excluding hydrogens is 265 g/mol. The van der Waals surface area contributed by atoms with Gasteiger partial charge in [-0.15, -0.1) is 0 Å². The molecule has 0 saturated carbocycles. The van der Waals surface area contributed by atoms with Gasteiger partial charge in [-0.05, 0) is 30.7 Å². The van der Waals surface area contributed by atoms with Gasteiger partial charge in [0.15, 0.2) is 0 Å². The average Bonchev–Trinajstić information content (AvgIpc) is 2.51. The van der Waals surface area contributed by atoms with Gasteiger partial charge in [-0.3, -0.25) is 0 Å². The van der Waals surface area contributed by atoms with Gasteiger partial charge in [0.25, 0.3) is 0 Å². The Morgan fingerprint density at radius 3 is 2.43 bits per heavy atom. The minimum atomic E-state index is -0.276. The molecule has 0 amide bonds. The lowest BCUT2D eigenvalue weighted by molar-refractivity contribution is 0.149. The van der Waals surface area contributed by atoms with Crippen LogP contribution < -0.4 is 10.1 Å². The Balaban J connectivity index is 2.20. The molecule has 21 heavy (non-hydrogen) atoms. The monoisotopic (exact) mass is 287 g/mol. The molecule has 0 aromatic heterocycles.